The molecule has 0 aliphatic carbocycles. The maximum Gasteiger partial charge on any atom is 0.161 e. The van der Waals surface area contributed by atoms with E-state index in [1.807, 2.05) is 24.3 Å². The summed E-state index contributed by atoms with van der Waals surface area (Å²) >= 11 is -1.00. The van der Waals surface area contributed by atoms with Gasteiger partial charge in [-0.2, -0.15) is 0 Å². The minimum Gasteiger partial charge on any atom is -0.606 e. The van der Waals surface area contributed by atoms with E-state index in [0.717, 1.165) is 29.1 Å². The van der Waals surface area contributed by atoms with E-state index in [0.29, 0.717) is 0 Å². The van der Waals surface area contributed by atoms with Gasteiger partial charge in [0.15, 0.2) is 9.79 Å². The van der Waals surface area contributed by atoms with Gasteiger partial charge in [-0.3, -0.25) is 0 Å². The molecule has 0 radical (unpaired) electrons. The van der Waals surface area contributed by atoms with Gasteiger partial charge in [-0.25, -0.2) is 0 Å². The van der Waals surface area contributed by atoms with Crippen LogP contribution in [-0.2, 0) is 24.0 Å². The second-order valence-electron chi connectivity index (χ2n) is 4.75. The Morgan fingerprint density at radius 2 is 1.83 bits per heavy atom. The number of fused-ring (bicyclic) bond motifs is 2. The summed E-state index contributed by atoms with van der Waals surface area (Å²) in [5.41, 5.74) is 3.79. The summed E-state index contributed by atoms with van der Waals surface area (Å²) in [6.45, 7) is 2.19. The highest BCUT2D eigenvalue weighted by atomic mass is 32.2. The maximum absolute atomic E-state index is 12.5. The van der Waals surface area contributed by atoms with Crippen LogP contribution in [0.4, 0.5) is 0 Å². The minimum atomic E-state index is -1.00. The molecule has 1 nitrogen and oxygen atoms in total. The molecule has 0 spiro atoms. The standard InChI is InChI=1S/C16H16OS/c1-2-5-12-8-9-16-14(10-12)11-13-6-3-4-7-15(13)18(16)17/h3-4,6-10H,2,5,11H2,1H3. The first kappa shape index (κ1) is 11.8. The number of benzene rings is 2. The summed E-state index contributed by atoms with van der Waals surface area (Å²) in [6, 6.07) is 14.5. The SMILES string of the molecule is CCCc1ccc2c(c1)Cc1ccccc1[S+]2[O-]. The Balaban J connectivity index is 2.05. The molecule has 1 heterocycles. The van der Waals surface area contributed by atoms with Gasteiger partial charge in [0.05, 0.1) is 0 Å². The zero-order valence-corrected chi connectivity index (χ0v) is 11.3. The molecule has 3 rings (SSSR count). The van der Waals surface area contributed by atoms with Crippen molar-refractivity contribution < 1.29 is 4.55 Å². The quantitative estimate of drug-likeness (QED) is 0.751. The number of aryl methyl sites for hydroxylation is 1. The first-order chi connectivity index (χ1) is 8.79. The van der Waals surface area contributed by atoms with Crippen LogP contribution in [0.25, 0.3) is 0 Å². The summed E-state index contributed by atoms with van der Waals surface area (Å²) in [5, 5.41) is 0. The molecule has 1 atom stereocenters. The van der Waals surface area contributed by atoms with E-state index in [1.165, 1.54) is 16.7 Å². The van der Waals surface area contributed by atoms with Crippen molar-refractivity contribution in [2.24, 2.45) is 0 Å². The normalized spacial score (nSPS) is 17.1. The van der Waals surface area contributed by atoms with Gasteiger partial charge in [-0.15, -0.1) is 0 Å². The smallest absolute Gasteiger partial charge is 0.161 e. The van der Waals surface area contributed by atoms with Crippen molar-refractivity contribution in [3.63, 3.8) is 0 Å². The van der Waals surface area contributed by atoms with Crippen LogP contribution in [0, 0.1) is 0 Å². The average molecular weight is 256 g/mol. The highest BCUT2D eigenvalue weighted by molar-refractivity contribution is 7.91. The molecular formula is C16H16OS. The van der Waals surface area contributed by atoms with Crippen molar-refractivity contribution in [1.29, 1.82) is 0 Å². The second kappa shape index (κ2) is 4.79. The first-order valence-electron chi connectivity index (χ1n) is 6.41. The van der Waals surface area contributed by atoms with E-state index in [1.54, 1.807) is 0 Å². The summed E-state index contributed by atoms with van der Waals surface area (Å²) in [5.74, 6) is 0. The van der Waals surface area contributed by atoms with Crippen LogP contribution in [0.5, 0.6) is 0 Å². The number of rotatable bonds is 2. The van der Waals surface area contributed by atoms with Gasteiger partial charge in [0, 0.05) is 28.7 Å². The summed E-state index contributed by atoms with van der Waals surface area (Å²) in [4.78, 5) is 1.97. The molecule has 0 fully saturated rings. The zero-order chi connectivity index (χ0) is 12.5. The Morgan fingerprint density at radius 3 is 2.67 bits per heavy atom. The summed E-state index contributed by atoms with van der Waals surface area (Å²) in [7, 11) is 0. The first-order valence-corrected chi connectivity index (χ1v) is 7.56. The number of hydrogen-bond donors (Lipinski definition) is 0. The third-order valence-electron chi connectivity index (χ3n) is 3.42. The van der Waals surface area contributed by atoms with Gasteiger partial charge in [-0.1, -0.05) is 43.7 Å². The van der Waals surface area contributed by atoms with Crippen molar-refractivity contribution in [2.75, 3.05) is 0 Å². The van der Waals surface area contributed by atoms with Crippen LogP contribution >= 0.6 is 0 Å². The summed E-state index contributed by atoms with van der Waals surface area (Å²) < 4.78 is 12.5. The van der Waals surface area contributed by atoms with Crippen molar-refractivity contribution in [3.8, 4) is 0 Å². The van der Waals surface area contributed by atoms with Crippen LogP contribution in [-0.4, -0.2) is 4.55 Å². The fourth-order valence-electron chi connectivity index (χ4n) is 2.55. The van der Waals surface area contributed by atoms with Gasteiger partial charge in [0.25, 0.3) is 0 Å². The lowest BCUT2D eigenvalue weighted by Crippen LogP contribution is -2.14. The van der Waals surface area contributed by atoms with Crippen molar-refractivity contribution in [1.82, 2.24) is 0 Å². The van der Waals surface area contributed by atoms with E-state index in [9.17, 15) is 4.55 Å². The molecule has 2 aromatic rings. The minimum absolute atomic E-state index is 0.912. The predicted molar refractivity (Wildman–Crippen MR) is 74.4 cm³/mol. The average Bonchev–Trinajstić information content (AvgIpc) is 2.39. The van der Waals surface area contributed by atoms with Crippen LogP contribution in [0.3, 0.4) is 0 Å². The predicted octanol–water partition coefficient (Wildman–Crippen LogP) is 3.71. The van der Waals surface area contributed by atoms with Gasteiger partial charge in [-0.05, 0) is 24.1 Å². The van der Waals surface area contributed by atoms with Gasteiger partial charge in [0.1, 0.15) is 0 Å². The molecule has 0 aromatic heterocycles. The Labute approximate surface area is 111 Å². The highest BCUT2D eigenvalue weighted by Gasteiger charge is 2.27. The second-order valence-corrected chi connectivity index (χ2v) is 6.16. The van der Waals surface area contributed by atoms with Crippen LogP contribution in [0.15, 0.2) is 52.3 Å². The Kier molecular flexibility index (Phi) is 3.14. The molecule has 0 saturated carbocycles. The third-order valence-corrected chi connectivity index (χ3v) is 5.01. The third kappa shape index (κ3) is 1.96. The molecule has 2 aromatic carbocycles. The van der Waals surface area contributed by atoms with Crippen LogP contribution in [0.2, 0.25) is 0 Å². The zero-order valence-electron chi connectivity index (χ0n) is 10.5. The molecule has 1 aliphatic rings. The monoisotopic (exact) mass is 256 g/mol. The Morgan fingerprint density at radius 1 is 1.06 bits per heavy atom. The fourth-order valence-corrected chi connectivity index (χ4v) is 3.93. The van der Waals surface area contributed by atoms with E-state index in [4.69, 9.17) is 0 Å². The topological polar surface area (TPSA) is 23.1 Å². The Hall–Kier alpha value is -1.25. The number of hydrogen-bond acceptors (Lipinski definition) is 1. The van der Waals surface area contributed by atoms with E-state index < -0.39 is 11.2 Å². The molecule has 0 N–H and O–H groups in total. The largest absolute Gasteiger partial charge is 0.606 e. The van der Waals surface area contributed by atoms with Crippen molar-refractivity contribution >= 4 is 11.2 Å². The fraction of sp³-hybridized carbons (Fsp3) is 0.250. The molecule has 0 bridgehead atoms. The molecule has 18 heavy (non-hydrogen) atoms. The van der Waals surface area contributed by atoms with E-state index in [2.05, 4.69) is 25.1 Å². The van der Waals surface area contributed by atoms with Gasteiger partial charge in [0.2, 0.25) is 0 Å². The van der Waals surface area contributed by atoms with E-state index >= 15 is 0 Å². The molecule has 1 aliphatic heterocycles. The van der Waals surface area contributed by atoms with Crippen LogP contribution < -0.4 is 0 Å². The lowest BCUT2D eigenvalue weighted by Gasteiger charge is -2.22. The highest BCUT2D eigenvalue weighted by Crippen LogP contribution is 2.34. The molecular weight excluding hydrogens is 240 g/mol. The maximum atomic E-state index is 12.5. The van der Waals surface area contributed by atoms with Gasteiger partial charge < -0.3 is 4.55 Å². The Bertz CT molecular complexity index is 577. The summed E-state index contributed by atoms with van der Waals surface area (Å²) in [6.07, 6.45) is 3.16. The molecule has 1 unspecified atom stereocenters. The molecule has 0 amide bonds. The van der Waals surface area contributed by atoms with Gasteiger partial charge >= 0.3 is 0 Å². The lowest BCUT2D eigenvalue weighted by atomic mass is 10.0. The van der Waals surface area contributed by atoms with Crippen molar-refractivity contribution in [2.45, 2.75) is 36.0 Å². The molecule has 0 saturated heterocycles. The molecule has 2 heteroatoms. The molecule has 92 valence electrons. The van der Waals surface area contributed by atoms with Crippen molar-refractivity contribution in [3.05, 3.63) is 59.2 Å². The van der Waals surface area contributed by atoms with Crippen LogP contribution in [0.1, 0.15) is 30.0 Å². The van der Waals surface area contributed by atoms with E-state index in [-0.39, 0.29) is 0 Å². The lowest BCUT2D eigenvalue weighted by molar-refractivity contribution is 0.590.